The van der Waals surface area contributed by atoms with Gasteiger partial charge in [-0.15, -0.1) is 0 Å². The highest BCUT2D eigenvalue weighted by atomic mass is 19.4. The molecule has 0 saturated heterocycles. The highest BCUT2D eigenvalue weighted by molar-refractivity contribution is 5.86. The number of hydrogen-bond acceptors (Lipinski definition) is 3. The summed E-state index contributed by atoms with van der Waals surface area (Å²) in [6.07, 6.45) is -5.66. The molecule has 0 aromatic carbocycles. The first-order chi connectivity index (χ1) is 6.22. The molecule has 0 saturated carbocycles. The maximum atomic E-state index is 11.6. The first kappa shape index (κ1) is 13.0. The van der Waals surface area contributed by atoms with Crippen molar-refractivity contribution in [2.24, 2.45) is 0 Å². The Kier molecular flexibility index (Phi) is 4.62. The third kappa shape index (κ3) is 6.47. The van der Waals surface area contributed by atoms with Gasteiger partial charge in [-0.3, -0.25) is 0 Å². The second-order valence-electron chi connectivity index (χ2n) is 2.68. The molecule has 14 heavy (non-hydrogen) atoms. The summed E-state index contributed by atoms with van der Waals surface area (Å²) in [6, 6.07) is 0. The first-order valence-electron chi connectivity index (χ1n) is 3.77. The summed E-state index contributed by atoms with van der Waals surface area (Å²) in [7, 11) is 0. The Morgan fingerprint density at radius 3 is 2.36 bits per heavy atom. The molecule has 1 unspecified atom stereocenters. The number of carbonyl (C=O) groups excluding carboxylic acids is 1. The summed E-state index contributed by atoms with van der Waals surface area (Å²) in [4.78, 5) is 10.8. The summed E-state index contributed by atoms with van der Waals surface area (Å²) in [5.41, 5.74) is 0.104. The summed E-state index contributed by atoms with van der Waals surface area (Å²) in [5.74, 6) is -0.778. The first-order valence-corrected chi connectivity index (χ1v) is 3.77. The minimum absolute atomic E-state index is 0.104. The van der Waals surface area contributed by atoms with Gasteiger partial charge >= 0.3 is 12.1 Å². The Bertz CT molecular complexity index is 222. The lowest BCUT2D eigenvalue weighted by Gasteiger charge is -2.15. The smallest absolute Gasteiger partial charge is 0.411 e. The zero-order valence-corrected chi connectivity index (χ0v) is 7.85. The molecule has 0 aliphatic rings. The van der Waals surface area contributed by atoms with E-state index in [4.69, 9.17) is 0 Å². The Labute approximate surface area is 79.5 Å². The molecule has 0 rings (SSSR count). The fraction of sp³-hybridized carbons (Fsp3) is 0.625. The Hall–Kier alpha value is -1.04. The lowest BCUT2D eigenvalue weighted by atomic mass is 10.4. The largest absolute Gasteiger partial charge is 0.433 e. The number of rotatable bonds is 4. The van der Waals surface area contributed by atoms with Crippen molar-refractivity contribution >= 4 is 5.97 Å². The van der Waals surface area contributed by atoms with E-state index >= 15 is 0 Å². The molecule has 6 heteroatoms. The van der Waals surface area contributed by atoms with Crippen LogP contribution >= 0.6 is 0 Å². The van der Waals surface area contributed by atoms with Crippen molar-refractivity contribution in [3.63, 3.8) is 0 Å². The van der Waals surface area contributed by atoms with Crippen molar-refractivity contribution in [3.8, 4) is 0 Å². The van der Waals surface area contributed by atoms with Crippen molar-refractivity contribution in [1.82, 2.24) is 0 Å². The second kappa shape index (κ2) is 4.99. The minimum Gasteiger partial charge on any atom is -0.433 e. The number of esters is 1. The van der Waals surface area contributed by atoms with E-state index in [1.165, 1.54) is 13.8 Å². The SMILES string of the molecule is C=C(C)C(=O)OC(C)OCC(F)(F)F. The van der Waals surface area contributed by atoms with Crippen molar-refractivity contribution in [2.45, 2.75) is 26.3 Å². The summed E-state index contributed by atoms with van der Waals surface area (Å²) < 4.78 is 43.6. The zero-order chi connectivity index (χ0) is 11.4. The Balaban J connectivity index is 3.82. The van der Waals surface area contributed by atoms with Crippen LogP contribution in [0.5, 0.6) is 0 Å². The number of alkyl halides is 3. The van der Waals surface area contributed by atoms with Gasteiger partial charge in [-0.25, -0.2) is 4.79 Å². The molecule has 0 aliphatic heterocycles. The molecule has 0 aromatic heterocycles. The second-order valence-corrected chi connectivity index (χ2v) is 2.68. The van der Waals surface area contributed by atoms with E-state index in [1.807, 2.05) is 0 Å². The van der Waals surface area contributed by atoms with Crippen molar-refractivity contribution < 1.29 is 27.4 Å². The molecule has 0 bridgehead atoms. The third-order valence-corrected chi connectivity index (χ3v) is 1.10. The van der Waals surface area contributed by atoms with Crippen LogP contribution in [0.2, 0.25) is 0 Å². The number of ether oxygens (including phenoxy) is 2. The van der Waals surface area contributed by atoms with Gasteiger partial charge < -0.3 is 9.47 Å². The molecule has 82 valence electrons. The lowest BCUT2D eigenvalue weighted by molar-refractivity contribution is -0.222. The van der Waals surface area contributed by atoms with Gasteiger partial charge in [-0.05, 0) is 13.8 Å². The number of hydrogen-bond donors (Lipinski definition) is 0. The predicted molar refractivity (Wildman–Crippen MR) is 42.4 cm³/mol. The van der Waals surface area contributed by atoms with Crippen molar-refractivity contribution in [3.05, 3.63) is 12.2 Å². The summed E-state index contributed by atoms with van der Waals surface area (Å²) in [5, 5.41) is 0. The fourth-order valence-corrected chi connectivity index (χ4v) is 0.497. The number of halogens is 3. The molecular weight excluding hydrogens is 201 g/mol. The van der Waals surface area contributed by atoms with Gasteiger partial charge in [0.15, 0.2) is 0 Å². The molecule has 0 heterocycles. The van der Waals surface area contributed by atoms with Crippen molar-refractivity contribution in [2.75, 3.05) is 6.61 Å². The van der Waals surface area contributed by atoms with Crippen LogP contribution in [0.4, 0.5) is 13.2 Å². The van der Waals surface area contributed by atoms with E-state index < -0.39 is 25.0 Å². The predicted octanol–water partition coefficient (Wildman–Crippen LogP) is 2.03. The van der Waals surface area contributed by atoms with E-state index in [2.05, 4.69) is 16.1 Å². The molecule has 0 radical (unpaired) electrons. The fourth-order valence-electron chi connectivity index (χ4n) is 0.497. The van der Waals surface area contributed by atoms with Crippen LogP contribution < -0.4 is 0 Å². The van der Waals surface area contributed by atoms with E-state index in [9.17, 15) is 18.0 Å². The topological polar surface area (TPSA) is 35.5 Å². The quantitative estimate of drug-likeness (QED) is 0.406. The van der Waals surface area contributed by atoms with Gasteiger partial charge in [0, 0.05) is 5.57 Å². The van der Waals surface area contributed by atoms with Crippen molar-refractivity contribution in [1.29, 1.82) is 0 Å². The zero-order valence-electron chi connectivity index (χ0n) is 7.85. The molecular formula is C8H11F3O3. The molecule has 0 aliphatic carbocycles. The molecule has 3 nitrogen and oxygen atoms in total. The van der Waals surface area contributed by atoms with Crippen LogP contribution in [-0.4, -0.2) is 25.0 Å². The van der Waals surface area contributed by atoms with Crippen LogP contribution in [0.15, 0.2) is 12.2 Å². The monoisotopic (exact) mass is 212 g/mol. The van der Waals surface area contributed by atoms with Crippen LogP contribution in [0.1, 0.15) is 13.8 Å². The van der Waals surface area contributed by atoms with E-state index in [0.717, 1.165) is 0 Å². The summed E-state index contributed by atoms with van der Waals surface area (Å²) >= 11 is 0. The van der Waals surface area contributed by atoms with Crippen LogP contribution in [0.3, 0.4) is 0 Å². The average Bonchev–Trinajstić information content (AvgIpc) is 1.99. The van der Waals surface area contributed by atoms with Gasteiger partial charge in [0.2, 0.25) is 6.29 Å². The molecule has 0 fully saturated rings. The highest BCUT2D eigenvalue weighted by Crippen LogP contribution is 2.15. The van der Waals surface area contributed by atoms with Gasteiger partial charge in [0.25, 0.3) is 0 Å². The lowest BCUT2D eigenvalue weighted by Crippen LogP contribution is -2.25. The van der Waals surface area contributed by atoms with Gasteiger partial charge in [-0.2, -0.15) is 13.2 Å². The van der Waals surface area contributed by atoms with Gasteiger partial charge in [0.1, 0.15) is 6.61 Å². The van der Waals surface area contributed by atoms with Crippen LogP contribution in [0.25, 0.3) is 0 Å². The molecule has 0 amide bonds. The average molecular weight is 212 g/mol. The standard InChI is InChI=1S/C8H11F3O3/c1-5(2)7(12)14-6(3)13-4-8(9,10)11/h6H,1,4H2,2-3H3. The van der Waals surface area contributed by atoms with Crippen LogP contribution in [-0.2, 0) is 14.3 Å². The Morgan fingerprint density at radius 2 is 2.00 bits per heavy atom. The molecule has 0 N–H and O–H groups in total. The van der Waals surface area contributed by atoms with E-state index in [1.54, 1.807) is 0 Å². The molecule has 0 spiro atoms. The van der Waals surface area contributed by atoms with E-state index in [0.29, 0.717) is 0 Å². The summed E-state index contributed by atoms with van der Waals surface area (Å²) in [6.45, 7) is 4.41. The van der Waals surface area contributed by atoms with Crippen LogP contribution in [0, 0.1) is 0 Å². The van der Waals surface area contributed by atoms with E-state index in [-0.39, 0.29) is 5.57 Å². The number of carbonyl (C=O) groups is 1. The molecule has 1 atom stereocenters. The third-order valence-electron chi connectivity index (χ3n) is 1.10. The van der Waals surface area contributed by atoms with Gasteiger partial charge in [-0.1, -0.05) is 6.58 Å². The maximum absolute atomic E-state index is 11.6. The minimum atomic E-state index is -4.43. The normalized spacial score (nSPS) is 13.5. The highest BCUT2D eigenvalue weighted by Gasteiger charge is 2.29. The Morgan fingerprint density at radius 1 is 1.50 bits per heavy atom. The van der Waals surface area contributed by atoms with Gasteiger partial charge in [0.05, 0.1) is 0 Å². The maximum Gasteiger partial charge on any atom is 0.411 e. The molecule has 0 aromatic rings.